The normalized spacial score (nSPS) is 11.3. The molecule has 2 N–H and O–H groups in total. The molecule has 1 aromatic heterocycles. The molecule has 0 atom stereocenters. The largest absolute Gasteiger partial charge is 0.266 e. The summed E-state index contributed by atoms with van der Waals surface area (Å²) in [6.07, 6.45) is 0.589. The summed E-state index contributed by atoms with van der Waals surface area (Å²) in [5.74, 6) is 0. The Kier molecular flexibility index (Phi) is 4.85. The van der Waals surface area contributed by atoms with E-state index < -0.39 is 0 Å². The first kappa shape index (κ1) is 15.1. The highest BCUT2D eigenvalue weighted by Gasteiger charge is 2.10. The average Bonchev–Trinajstić information content (AvgIpc) is 2.74. The van der Waals surface area contributed by atoms with E-state index in [1.165, 1.54) is 11.1 Å². The number of hydrogen-bond acceptors (Lipinski definition) is 6. The fraction of sp³-hybridized carbons (Fsp3) is 0.357. The maximum atomic E-state index is 8.49. The minimum Gasteiger partial charge on any atom is -0.266 e. The van der Waals surface area contributed by atoms with Gasteiger partial charge in [0, 0.05) is 16.9 Å². The van der Waals surface area contributed by atoms with Gasteiger partial charge in [-0.15, -0.1) is 11.3 Å². The van der Waals surface area contributed by atoms with E-state index in [4.69, 9.17) is 10.4 Å². The van der Waals surface area contributed by atoms with Crippen LogP contribution in [0.1, 0.15) is 21.7 Å². The number of aromatic nitrogens is 1. The molecule has 2 aromatic rings. The van der Waals surface area contributed by atoms with E-state index in [1.54, 1.807) is 11.3 Å². The molecule has 108 valence electrons. The fourth-order valence-corrected chi connectivity index (χ4v) is 2.92. The van der Waals surface area contributed by atoms with Crippen molar-refractivity contribution >= 4 is 11.3 Å². The third-order valence-electron chi connectivity index (χ3n) is 3.18. The van der Waals surface area contributed by atoms with Crippen molar-refractivity contribution in [3.05, 3.63) is 39.9 Å². The van der Waals surface area contributed by atoms with E-state index in [-0.39, 0.29) is 12.0 Å². The number of benzene rings is 1. The van der Waals surface area contributed by atoms with Crippen molar-refractivity contribution in [3.63, 3.8) is 0 Å². The lowest BCUT2D eigenvalue weighted by Crippen LogP contribution is -2.16. The Hall–Kier alpha value is -1.31. The molecular formula is C14H18N2O3S. The van der Waals surface area contributed by atoms with Crippen molar-refractivity contribution in [1.82, 2.24) is 10.4 Å². The first-order chi connectivity index (χ1) is 9.47. The Labute approximate surface area is 121 Å². The third kappa shape index (κ3) is 3.62. The van der Waals surface area contributed by atoms with Crippen LogP contribution in [-0.4, -0.2) is 27.4 Å². The summed E-state index contributed by atoms with van der Waals surface area (Å²) in [5.41, 5.74) is 4.58. The Bertz CT molecular complexity index is 596. The summed E-state index contributed by atoms with van der Waals surface area (Å²) >= 11 is 1.61. The Balaban J connectivity index is 2.15. The van der Waals surface area contributed by atoms with Gasteiger partial charge in [-0.05, 0) is 38.0 Å². The summed E-state index contributed by atoms with van der Waals surface area (Å²) in [6, 6.07) is 6.31. The molecule has 0 aliphatic heterocycles. The van der Waals surface area contributed by atoms with Gasteiger partial charge in [-0.3, -0.25) is 15.3 Å². The lowest BCUT2D eigenvalue weighted by molar-refractivity contribution is -0.492. The topological polar surface area (TPSA) is 65.8 Å². The van der Waals surface area contributed by atoms with Crippen LogP contribution in [0.25, 0.3) is 10.6 Å². The van der Waals surface area contributed by atoms with E-state index >= 15 is 0 Å². The second kappa shape index (κ2) is 6.43. The third-order valence-corrected chi connectivity index (χ3v) is 4.45. The summed E-state index contributed by atoms with van der Waals surface area (Å²) in [5, 5.41) is 17.7. The van der Waals surface area contributed by atoms with Crippen LogP contribution in [0, 0.1) is 20.8 Å². The van der Waals surface area contributed by atoms with Gasteiger partial charge in [-0.2, -0.15) is 0 Å². The first-order valence-corrected chi connectivity index (χ1v) is 7.13. The van der Waals surface area contributed by atoms with Gasteiger partial charge in [0.05, 0.1) is 17.7 Å². The quantitative estimate of drug-likeness (QED) is 0.828. The van der Waals surface area contributed by atoms with Gasteiger partial charge in [0.15, 0.2) is 0 Å². The molecule has 0 bridgehead atoms. The van der Waals surface area contributed by atoms with E-state index in [0.717, 1.165) is 21.1 Å². The van der Waals surface area contributed by atoms with Crippen molar-refractivity contribution in [2.45, 2.75) is 27.2 Å². The summed E-state index contributed by atoms with van der Waals surface area (Å²) in [4.78, 5) is 10.2. The summed E-state index contributed by atoms with van der Waals surface area (Å²) < 4.78 is 0. The van der Waals surface area contributed by atoms with Crippen LogP contribution < -0.4 is 0 Å². The molecule has 0 radical (unpaired) electrons. The number of rotatable bonds is 5. The minimum absolute atomic E-state index is 0.197. The van der Waals surface area contributed by atoms with Crippen molar-refractivity contribution in [2.75, 3.05) is 6.61 Å². The Morgan fingerprint density at radius 2 is 1.95 bits per heavy atom. The van der Waals surface area contributed by atoms with E-state index in [2.05, 4.69) is 41.9 Å². The molecular weight excluding hydrogens is 276 g/mol. The van der Waals surface area contributed by atoms with Crippen LogP contribution >= 0.6 is 11.3 Å². The van der Waals surface area contributed by atoms with Crippen LogP contribution in [0.3, 0.4) is 0 Å². The Morgan fingerprint density at radius 3 is 2.60 bits per heavy atom. The standard InChI is InChI=1S/C14H18N2O3S/c1-9-4-5-12(8-10(9)2)14-15-11(3)13(20-14)6-7-19-16(17)18/h4-5,8,17-18H,6-7H2,1-3H3. The molecule has 0 aliphatic rings. The molecule has 6 heteroatoms. The van der Waals surface area contributed by atoms with Crippen molar-refractivity contribution < 1.29 is 15.3 Å². The van der Waals surface area contributed by atoms with Gasteiger partial charge >= 0.3 is 0 Å². The zero-order valence-corrected chi connectivity index (χ0v) is 12.6. The van der Waals surface area contributed by atoms with Gasteiger partial charge in [-0.25, -0.2) is 4.98 Å². The van der Waals surface area contributed by atoms with E-state index in [0.29, 0.717) is 6.42 Å². The summed E-state index contributed by atoms with van der Waals surface area (Å²) in [6.45, 7) is 6.32. The highest BCUT2D eigenvalue weighted by molar-refractivity contribution is 7.15. The maximum absolute atomic E-state index is 8.49. The van der Waals surface area contributed by atoms with E-state index in [1.807, 2.05) is 6.92 Å². The minimum atomic E-state index is -0.263. The van der Waals surface area contributed by atoms with Gasteiger partial charge in [0.1, 0.15) is 5.01 Å². The number of hydrogen-bond donors (Lipinski definition) is 2. The zero-order chi connectivity index (χ0) is 14.7. The maximum Gasteiger partial charge on any atom is 0.123 e. The second-order valence-electron chi connectivity index (χ2n) is 4.66. The molecule has 20 heavy (non-hydrogen) atoms. The predicted molar refractivity (Wildman–Crippen MR) is 76.8 cm³/mol. The number of aryl methyl sites for hydroxylation is 3. The Morgan fingerprint density at radius 1 is 1.20 bits per heavy atom. The molecule has 0 fully saturated rings. The van der Waals surface area contributed by atoms with Crippen molar-refractivity contribution in [3.8, 4) is 10.6 Å². The highest BCUT2D eigenvalue weighted by atomic mass is 32.1. The lowest BCUT2D eigenvalue weighted by Gasteiger charge is -2.04. The van der Waals surface area contributed by atoms with Crippen LogP contribution in [0.2, 0.25) is 0 Å². The van der Waals surface area contributed by atoms with E-state index in [9.17, 15) is 0 Å². The van der Waals surface area contributed by atoms with Gasteiger partial charge < -0.3 is 0 Å². The van der Waals surface area contributed by atoms with Crippen LogP contribution in [0.5, 0.6) is 0 Å². The molecule has 2 rings (SSSR count). The van der Waals surface area contributed by atoms with Gasteiger partial charge in [0.2, 0.25) is 0 Å². The molecule has 1 heterocycles. The molecule has 0 spiro atoms. The zero-order valence-electron chi connectivity index (χ0n) is 11.8. The van der Waals surface area contributed by atoms with Crippen LogP contribution in [-0.2, 0) is 11.3 Å². The smallest absolute Gasteiger partial charge is 0.123 e. The molecule has 0 aliphatic carbocycles. The van der Waals surface area contributed by atoms with Gasteiger partial charge in [-0.1, -0.05) is 12.1 Å². The second-order valence-corrected chi connectivity index (χ2v) is 5.75. The molecule has 1 aromatic carbocycles. The molecule has 5 nitrogen and oxygen atoms in total. The van der Waals surface area contributed by atoms with Crippen molar-refractivity contribution in [2.24, 2.45) is 0 Å². The molecule has 0 saturated heterocycles. The molecule has 0 saturated carbocycles. The van der Waals surface area contributed by atoms with Crippen LogP contribution in [0.4, 0.5) is 0 Å². The number of thiazole rings is 1. The number of nitrogens with zero attached hydrogens (tertiary/aromatic N) is 2. The monoisotopic (exact) mass is 294 g/mol. The highest BCUT2D eigenvalue weighted by Crippen LogP contribution is 2.29. The van der Waals surface area contributed by atoms with Gasteiger partial charge in [0.25, 0.3) is 0 Å². The van der Waals surface area contributed by atoms with Crippen molar-refractivity contribution in [1.29, 1.82) is 0 Å². The first-order valence-electron chi connectivity index (χ1n) is 6.32. The average molecular weight is 294 g/mol. The predicted octanol–water partition coefficient (Wildman–Crippen LogP) is 3.29. The molecule has 0 amide bonds. The summed E-state index contributed by atoms with van der Waals surface area (Å²) in [7, 11) is 0. The molecule has 0 unspecified atom stereocenters. The lowest BCUT2D eigenvalue weighted by atomic mass is 10.1. The SMILES string of the molecule is Cc1ccc(-c2nc(C)c(CCON(O)O)s2)cc1C. The van der Waals surface area contributed by atoms with Crippen LogP contribution in [0.15, 0.2) is 18.2 Å². The fourth-order valence-electron chi connectivity index (χ4n) is 1.88.